The Labute approximate surface area is 131 Å². The van der Waals surface area contributed by atoms with Crippen LogP contribution in [0.25, 0.3) is 0 Å². The van der Waals surface area contributed by atoms with Gasteiger partial charge in [0.2, 0.25) is 0 Å². The summed E-state index contributed by atoms with van der Waals surface area (Å²) in [5.41, 5.74) is 1.48. The molecule has 1 aromatic rings. The minimum Gasteiger partial charge on any atom is -0.497 e. The number of carbonyl (C=O) groups excluding carboxylic acids is 1. The molecule has 0 heterocycles. The normalized spacial score (nSPS) is 20.2. The highest BCUT2D eigenvalue weighted by Crippen LogP contribution is 2.23. The molecule has 120 valence electrons. The molecular weight excluding hydrogens is 280 g/mol. The zero-order chi connectivity index (χ0) is 15.9. The molecule has 0 N–H and O–H groups in total. The molecule has 0 bridgehead atoms. The number of ether oxygens (including phenoxy) is 1. The van der Waals surface area contributed by atoms with Crippen molar-refractivity contribution in [2.45, 2.75) is 25.7 Å². The summed E-state index contributed by atoms with van der Waals surface area (Å²) >= 11 is 0. The number of hydrogen-bond acceptors (Lipinski definition) is 5. The molecule has 0 radical (unpaired) electrons. The van der Waals surface area contributed by atoms with Crippen molar-refractivity contribution in [2.24, 2.45) is 11.1 Å². The summed E-state index contributed by atoms with van der Waals surface area (Å²) in [6, 6.07) is 6.83. The molecule has 0 amide bonds. The second-order valence-electron chi connectivity index (χ2n) is 5.89. The number of hydrogen-bond donors (Lipinski definition) is 0. The average Bonchev–Trinajstić information content (AvgIpc) is 2.53. The van der Waals surface area contributed by atoms with Crippen molar-refractivity contribution in [3.8, 4) is 5.75 Å². The smallest absolute Gasteiger partial charge is 0.365 e. The predicted molar refractivity (Wildman–Crippen MR) is 86.4 cm³/mol. The van der Waals surface area contributed by atoms with Crippen molar-refractivity contribution < 1.29 is 14.4 Å². The molecule has 1 saturated carbocycles. The summed E-state index contributed by atoms with van der Waals surface area (Å²) in [5.74, 6) is 0.665. The second-order valence-corrected chi connectivity index (χ2v) is 5.89. The highest BCUT2D eigenvalue weighted by molar-refractivity contribution is 5.91. The Kier molecular flexibility index (Phi) is 5.95. The van der Waals surface area contributed by atoms with Gasteiger partial charge in [-0.1, -0.05) is 11.6 Å². The minimum absolute atomic E-state index is 0.382. The topological polar surface area (TPSA) is 51.1 Å². The lowest BCUT2D eigenvalue weighted by molar-refractivity contribution is 0.0511. The lowest BCUT2D eigenvalue weighted by atomic mass is 9.87. The Morgan fingerprint density at radius 1 is 1.27 bits per heavy atom. The van der Waals surface area contributed by atoms with Gasteiger partial charge in [0.1, 0.15) is 5.75 Å². The van der Waals surface area contributed by atoms with Crippen molar-refractivity contribution in [1.29, 1.82) is 0 Å². The van der Waals surface area contributed by atoms with Gasteiger partial charge >= 0.3 is 5.97 Å². The van der Waals surface area contributed by atoms with Crippen molar-refractivity contribution in [3.63, 3.8) is 0 Å². The molecule has 2 rings (SSSR count). The third kappa shape index (κ3) is 4.56. The molecule has 22 heavy (non-hydrogen) atoms. The maximum atomic E-state index is 12.0. The zero-order valence-corrected chi connectivity index (χ0v) is 13.5. The van der Waals surface area contributed by atoms with Gasteiger partial charge < -0.3 is 14.5 Å². The fourth-order valence-corrected chi connectivity index (χ4v) is 2.71. The van der Waals surface area contributed by atoms with Gasteiger partial charge in [-0.2, -0.15) is 0 Å². The second kappa shape index (κ2) is 7.94. The fourth-order valence-electron chi connectivity index (χ4n) is 2.71. The van der Waals surface area contributed by atoms with E-state index in [2.05, 4.69) is 24.2 Å². The Hall–Kier alpha value is -1.88. The van der Waals surface area contributed by atoms with Crippen LogP contribution in [-0.4, -0.2) is 44.3 Å². The molecule has 1 aliphatic carbocycles. The number of nitrogens with zero attached hydrogens (tertiary/aromatic N) is 2. The van der Waals surface area contributed by atoms with E-state index in [0.717, 1.165) is 31.5 Å². The molecule has 0 saturated heterocycles. The lowest BCUT2D eigenvalue weighted by Crippen LogP contribution is -2.30. The average molecular weight is 304 g/mol. The summed E-state index contributed by atoms with van der Waals surface area (Å²) in [7, 11) is 5.69. The zero-order valence-electron chi connectivity index (χ0n) is 13.5. The van der Waals surface area contributed by atoms with Crippen LogP contribution in [0.2, 0.25) is 0 Å². The van der Waals surface area contributed by atoms with Crippen LogP contribution in [0.1, 0.15) is 36.0 Å². The van der Waals surface area contributed by atoms with Crippen molar-refractivity contribution in [1.82, 2.24) is 4.90 Å². The first-order chi connectivity index (χ1) is 10.6. The van der Waals surface area contributed by atoms with E-state index in [4.69, 9.17) is 9.57 Å². The Morgan fingerprint density at radius 2 is 2.00 bits per heavy atom. The van der Waals surface area contributed by atoms with Gasteiger partial charge in [0.05, 0.1) is 18.4 Å². The van der Waals surface area contributed by atoms with Gasteiger partial charge in [0.15, 0.2) is 0 Å². The van der Waals surface area contributed by atoms with Gasteiger partial charge in [-0.25, -0.2) is 4.79 Å². The van der Waals surface area contributed by atoms with Gasteiger partial charge in [-0.05, 0) is 57.6 Å². The standard InChI is InChI=1S/C17H24N2O3/c1-19(2)12-14-6-4-5-7-16(14)18-22-17(20)13-8-10-15(21-3)11-9-13/h8-11,14H,4-7,12H2,1-3H3/b18-16-. The van der Waals surface area contributed by atoms with Crippen LogP contribution in [0, 0.1) is 5.92 Å². The first-order valence-electron chi connectivity index (χ1n) is 7.67. The van der Waals surface area contributed by atoms with E-state index < -0.39 is 5.97 Å². The summed E-state index contributed by atoms with van der Waals surface area (Å²) in [4.78, 5) is 19.3. The van der Waals surface area contributed by atoms with E-state index in [0.29, 0.717) is 17.2 Å². The predicted octanol–water partition coefficient (Wildman–Crippen LogP) is 2.96. The quantitative estimate of drug-likeness (QED) is 0.620. The summed E-state index contributed by atoms with van der Waals surface area (Å²) < 4.78 is 5.07. The monoisotopic (exact) mass is 304 g/mol. The molecule has 5 heteroatoms. The van der Waals surface area contributed by atoms with Crippen LogP contribution in [0.5, 0.6) is 5.75 Å². The Balaban J connectivity index is 1.99. The molecule has 1 atom stereocenters. The van der Waals surface area contributed by atoms with E-state index in [9.17, 15) is 4.79 Å². The molecular formula is C17H24N2O3. The first-order valence-corrected chi connectivity index (χ1v) is 7.67. The maximum Gasteiger partial charge on any atom is 0.365 e. The summed E-state index contributed by atoms with van der Waals surface area (Å²) in [6.07, 6.45) is 4.35. The van der Waals surface area contributed by atoms with Gasteiger partial charge in [0.25, 0.3) is 0 Å². The van der Waals surface area contributed by atoms with Crippen molar-refractivity contribution in [2.75, 3.05) is 27.7 Å². The largest absolute Gasteiger partial charge is 0.497 e. The number of benzene rings is 1. The molecule has 5 nitrogen and oxygen atoms in total. The van der Waals surface area contributed by atoms with Crippen LogP contribution in [0.3, 0.4) is 0 Å². The third-order valence-corrected chi connectivity index (χ3v) is 3.86. The molecule has 0 spiro atoms. The molecule has 1 aromatic carbocycles. The van der Waals surface area contributed by atoms with Crippen molar-refractivity contribution >= 4 is 11.7 Å². The number of carbonyl (C=O) groups is 1. The Morgan fingerprint density at radius 3 is 2.64 bits per heavy atom. The highest BCUT2D eigenvalue weighted by Gasteiger charge is 2.22. The summed E-state index contributed by atoms with van der Waals surface area (Å²) in [5, 5.41) is 4.15. The van der Waals surface area contributed by atoms with Crippen molar-refractivity contribution in [3.05, 3.63) is 29.8 Å². The van der Waals surface area contributed by atoms with E-state index in [1.807, 2.05) is 0 Å². The SMILES string of the molecule is COc1ccc(C(=O)O/N=C2/CCCCC2CN(C)C)cc1. The number of oxime groups is 1. The van der Waals surface area contributed by atoms with Crippen LogP contribution in [-0.2, 0) is 4.84 Å². The van der Waals surface area contributed by atoms with E-state index >= 15 is 0 Å². The highest BCUT2D eigenvalue weighted by atomic mass is 16.7. The fraction of sp³-hybridized carbons (Fsp3) is 0.529. The maximum absolute atomic E-state index is 12.0. The lowest BCUT2D eigenvalue weighted by Gasteiger charge is -2.25. The molecule has 0 aliphatic heterocycles. The third-order valence-electron chi connectivity index (χ3n) is 3.86. The van der Waals surface area contributed by atoms with Crippen LogP contribution in [0.4, 0.5) is 0 Å². The molecule has 1 unspecified atom stereocenters. The minimum atomic E-state index is -0.427. The molecule has 1 fully saturated rings. The summed E-state index contributed by atoms with van der Waals surface area (Å²) in [6.45, 7) is 0.943. The van der Waals surface area contributed by atoms with Crippen LogP contribution >= 0.6 is 0 Å². The van der Waals surface area contributed by atoms with Gasteiger partial charge in [-0.3, -0.25) is 0 Å². The van der Waals surface area contributed by atoms with Crippen LogP contribution < -0.4 is 4.74 Å². The van der Waals surface area contributed by atoms with Gasteiger partial charge in [-0.15, -0.1) is 0 Å². The molecule has 0 aromatic heterocycles. The Bertz CT molecular complexity index is 523. The van der Waals surface area contributed by atoms with E-state index in [-0.39, 0.29) is 0 Å². The van der Waals surface area contributed by atoms with Crippen LogP contribution in [0.15, 0.2) is 29.4 Å². The number of rotatable bonds is 5. The van der Waals surface area contributed by atoms with Gasteiger partial charge in [0, 0.05) is 12.5 Å². The van der Waals surface area contributed by atoms with E-state index in [1.54, 1.807) is 31.4 Å². The van der Waals surface area contributed by atoms with E-state index in [1.165, 1.54) is 6.42 Å². The number of methoxy groups -OCH3 is 1. The molecule has 1 aliphatic rings. The first kappa shape index (κ1) is 16.5.